The van der Waals surface area contributed by atoms with Crippen LogP contribution in [0.1, 0.15) is 26.4 Å². The first kappa shape index (κ1) is 14.6. The predicted molar refractivity (Wildman–Crippen MR) is 74.1 cm³/mol. The van der Waals surface area contributed by atoms with Gasteiger partial charge in [0.2, 0.25) is 0 Å². The first-order valence-corrected chi connectivity index (χ1v) is 6.05. The number of nitrogens with zero attached hydrogens (tertiary/aromatic N) is 2. The lowest BCUT2D eigenvalue weighted by Gasteiger charge is -2.07. The van der Waals surface area contributed by atoms with Crippen LogP contribution in [0.4, 0.5) is 5.82 Å². The highest BCUT2D eigenvalue weighted by atomic mass is 16.5. The average molecular weight is 287 g/mol. The first-order chi connectivity index (χ1) is 10.1. The van der Waals surface area contributed by atoms with Crippen molar-refractivity contribution in [1.29, 1.82) is 0 Å². The Morgan fingerprint density at radius 1 is 1.29 bits per heavy atom. The maximum Gasteiger partial charge on any atom is 0.358 e. The highest BCUT2D eigenvalue weighted by molar-refractivity contribution is 6.06. The molecular formula is C14H13N3O4. The van der Waals surface area contributed by atoms with Crippen LogP contribution >= 0.6 is 0 Å². The number of rotatable bonds is 5. The Morgan fingerprint density at radius 2 is 2.05 bits per heavy atom. The van der Waals surface area contributed by atoms with E-state index in [0.29, 0.717) is 12.2 Å². The minimum atomic E-state index is -1.26. The van der Waals surface area contributed by atoms with Crippen molar-refractivity contribution in [2.75, 3.05) is 12.4 Å². The summed E-state index contributed by atoms with van der Waals surface area (Å²) in [5.74, 6) is -1.81. The Hall–Kier alpha value is -2.80. The Bertz CT molecular complexity index is 673. The molecule has 0 saturated heterocycles. The van der Waals surface area contributed by atoms with Crippen LogP contribution in [0.25, 0.3) is 0 Å². The molecule has 2 rings (SSSR count). The van der Waals surface area contributed by atoms with Crippen LogP contribution in [0.2, 0.25) is 0 Å². The van der Waals surface area contributed by atoms with Gasteiger partial charge in [0.1, 0.15) is 0 Å². The van der Waals surface area contributed by atoms with Gasteiger partial charge in [-0.3, -0.25) is 4.79 Å². The maximum atomic E-state index is 12.1. The van der Waals surface area contributed by atoms with Crippen molar-refractivity contribution in [3.05, 3.63) is 53.5 Å². The van der Waals surface area contributed by atoms with Crippen LogP contribution in [-0.4, -0.2) is 34.1 Å². The van der Waals surface area contributed by atoms with E-state index in [1.165, 1.54) is 12.4 Å². The number of carbonyl (C=O) groups is 2. The average Bonchev–Trinajstić information content (AvgIpc) is 2.48. The normalized spacial score (nSPS) is 10.1. The molecule has 0 aliphatic rings. The van der Waals surface area contributed by atoms with Gasteiger partial charge in [0.05, 0.1) is 6.61 Å². The summed E-state index contributed by atoms with van der Waals surface area (Å²) in [7, 11) is 1.56. The summed E-state index contributed by atoms with van der Waals surface area (Å²) >= 11 is 0. The number of methoxy groups -OCH3 is 1. The molecule has 1 aromatic heterocycles. The topological polar surface area (TPSA) is 101 Å². The molecule has 0 fully saturated rings. The van der Waals surface area contributed by atoms with Crippen molar-refractivity contribution < 1.29 is 19.4 Å². The van der Waals surface area contributed by atoms with Crippen LogP contribution < -0.4 is 5.32 Å². The molecule has 0 atom stereocenters. The third kappa shape index (κ3) is 3.61. The summed E-state index contributed by atoms with van der Waals surface area (Å²) < 4.78 is 5.00. The number of benzene rings is 1. The molecule has 0 saturated carbocycles. The minimum Gasteiger partial charge on any atom is -0.476 e. The first-order valence-electron chi connectivity index (χ1n) is 6.05. The maximum absolute atomic E-state index is 12.1. The number of hydrogen-bond acceptors (Lipinski definition) is 5. The van der Waals surface area contributed by atoms with Gasteiger partial charge in [-0.1, -0.05) is 12.1 Å². The molecule has 1 amide bonds. The van der Waals surface area contributed by atoms with Gasteiger partial charge in [0.25, 0.3) is 5.91 Å². The molecule has 2 aromatic rings. The van der Waals surface area contributed by atoms with E-state index in [-0.39, 0.29) is 11.5 Å². The summed E-state index contributed by atoms with van der Waals surface area (Å²) in [6.45, 7) is 0.382. The molecule has 7 nitrogen and oxygen atoms in total. The molecule has 1 heterocycles. The van der Waals surface area contributed by atoms with E-state index >= 15 is 0 Å². The van der Waals surface area contributed by atoms with E-state index < -0.39 is 11.9 Å². The number of carboxylic acid groups (broad SMARTS) is 1. The van der Waals surface area contributed by atoms with Gasteiger partial charge in [-0.2, -0.15) is 0 Å². The quantitative estimate of drug-likeness (QED) is 0.865. The van der Waals surface area contributed by atoms with Gasteiger partial charge >= 0.3 is 5.97 Å². The highest BCUT2D eigenvalue weighted by Gasteiger charge is 2.16. The van der Waals surface area contributed by atoms with Crippen molar-refractivity contribution in [1.82, 2.24) is 9.97 Å². The minimum absolute atomic E-state index is 0.0906. The second-order valence-corrected chi connectivity index (χ2v) is 4.15. The third-order valence-electron chi connectivity index (χ3n) is 2.63. The number of carboxylic acids is 1. The fourth-order valence-electron chi connectivity index (χ4n) is 1.73. The second kappa shape index (κ2) is 6.58. The Labute approximate surface area is 120 Å². The molecule has 21 heavy (non-hydrogen) atoms. The smallest absolute Gasteiger partial charge is 0.358 e. The van der Waals surface area contributed by atoms with E-state index in [4.69, 9.17) is 9.84 Å². The van der Waals surface area contributed by atoms with Crippen LogP contribution in [-0.2, 0) is 11.3 Å². The largest absolute Gasteiger partial charge is 0.476 e. The number of nitrogens with one attached hydrogen (secondary N) is 1. The molecule has 7 heteroatoms. The number of ether oxygens (including phenoxy) is 1. The summed E-state index contributed by atoms with van der Waals surface area (Å²) in [5.41, 5.74) is 0.910. The Balaban J connectivity index is 2.22. The number of carbonyl (C=O) groups excluding carboxylic acids is 1. The van der Waals surface area contributed by atoms with E-state index in [1.54, 1.807) is 25.3 Å². The number of anilines is 1. The summed E-state index contributed by atoms with van der Waals surface area (Å²) in [6.07, 6.45) is 2.56. The lowest BCUT2D eigenvalue weighted by atomic mass is 10.1. The van der Waals surface area contributed by atoms with E-state index in [9.17, 15) is 9.59 Å². The SMILES string of the molecule is COCc1cccc(C(=O)Nc2nccnc2C(=O)O)c1. The molecule has 0 aliphatic heterocycles. The summed E-state index contributed by atoms with van der Waals surface area (Å²) in [5, 5.41) is 11.4. The molecule has 0 spiro atoms. The lowest BCUT2D eigenvalue weighted by molar-refractivity contribution is 0.0691. The van der Waals surface area contributed by atoms with Crippen LogP contribution in [0.5, 0.6) is 0 Å². The van der Waals surface area contributed by atoms with Crippen molar-refractivity contribution in [3.8, 4) is 0 Å². The fourth-order valence-corrected chi connectivity index (χ4v) is 1.73. The van der Waals surface area contributed by atoms with Crippen molar-refractivity contribution in [3.63, 3.8) is 0 Å². The van der Waals surface area contributed by atoms with Crippen LogP contribution in [0.15, 0.2) is 36.7 Å². The Kier molecular flexibility index (Phi) is 4.57. The molecule has 108 valence electrons. The van der Waals surface area contributed by atoms with Crippen LogP contribution in [0, 0.1) is 0 Å². The molecular weight excluding hydrogens is 274 g/mol. The number of amides is 1. The fraction of sp³-hybridized carbons (Fsp3) is 0.143. The number of hydrogen-bond donors (Lipinski definition) is 2. The van der Waals surface area contributed by atoms with Crippen molar-refractivity contribution in [2.24, 2.45) is 0 Å². The number of aromatic nitrogens is 2. The van der Waals surface area contributed by atoms with Crippen molar-refractivity contribution in [2.45, 2.75) is 6.61 Å². The molecule has 2 N–H and O–H groups in total. The third-order valence-corrected chi connectivity index (χ3v) is 2.63. The van der Waals surface area contributed by atoms with Gasteiger partial charge in [0, 0.05) is 25.1 Å². The summed E-state index contributed by atoms with van der Waals surface area (Å²) in [4.78, 5) is 30.6. The van der Waals surface area contributed by atoms with Crippen molar-refractivity contribution >= 4 is 17.7 Å². The zero-order chi connectivity index (χ0) is 15.2. The van der Waals surface area contributed by atoms with E-state index in [2.05, 4.69) is 15.3 Å². The van der Waals surface area contributed by atoms with Crippen LogP contribution in [0.3, 0.4) is 0 Å². The standard InChI is InChI=1S/C14H13N3O4/c1-21-8-9-3-2-4-10(7-9)13(18)17-12-11(14(19)20)15-5-6-16-12/h2-7H,8H2,1H3,(H,19,20)(H,16,17,18). The zero-order valence-corrected chi connectivity index (χ0v) is 11.2. The molecule has 0 radical (unpaired) electrons. The zero-order valence-electron chi connectivity index (χ0n) is 11.2. The second-order valence-electron chi connectivity index (χ2n) is 4.15. The van der Waals surface area contributed by atoms with Gasteiger partial charge in [0.15, 0.2) is 11.5 Å². The van der Waals surface area contributed by atoms with Gasteiger partial charge < -0.3 is 15.2 Å². The molecule has 0 bridgehead atoms. The molecule has 0 unspecified atom stereocenters. The monoisotopic (exact) mass is 287 g/mol. The highest BCUT2D eigenvalue weighted by Crippen LogP contribution is 2.12. The van der Waals surface area contributed by atoms with Gasteiger partial charge in [-0.15, -0.1) is 0 Å². The van der Waals surface area contributed by atoms with Gasteiger partial charge in [-0.05, 0) is 17.7 Å². The molecule has 0 aliphatic carbocycles. The van der Waals surface area contributed by atoms with Gasteiger partial charge in [-0.25, -0.2) is 14.8 Å². The lowest BCUT2D eigenvalue weighted by Crippen LogP contribution is -2.17. The van der Waals surface area contributed by atoms with E-state index in [1.807, 2.05) is 6.07 Å². The predicted octanol–water partition coefficient (Wildman–Crippen LogP) is 1.57. The Morgan fingerprint density at radius 3 is 2.76 bits per heavy atom. The summed E-state index contributed by atoms with van der Waals surface area (Å²) in [6, 6.07) is 6.82. The van der Waals surface area contributed by atoms with E-state index in [0.717, 1.165) is 5.56 Å². The molecule has 1 aromatic carbocycles. The number of aromatic carboxylic acids is 1.